The Hall–Kier alpha value is -2.00. The molecule has 3 nitrogen and oxygen atoms in total. The maximum Gasteiger partial charge on any atom is 0.164 e. The zero-order valence-electron chi connectivity index (χ0n) is 11.8. The number of carbonyl (C=O) groups excluding carboxylic acids is 1. The number of rotatable bonds is 1. The summed E-state index contributed by atoms with van der Waals surface area (Å²) in [5.41, 5.74) is 4.45. The number of nitrogens with zero attached hydrogens (tertiary/aromatic N) is 1. The van der Waals surface area contributed by atoms with Crippen molar-refractivity contribution >= 4 is 12.0 Å². The molecule has 1 aromatic carbocycles. The van der Waals surface area contributed by atoms with Crippen molar-refractivity contribution in [3.8, 4) is 0 Å². The molecule has 0 spiro atoms. The number of benzene rings is 1. The first-order valence-electron chi connectivity index (χ1n) is 7.48. The predicted molar refractivity (Wildman–Crippen MR) is 81.5 cm³/mol. The second-order valence-electron chi connectivity index (χ2n) is 5.74. The number of allylic oxidation sites excluding steroid dienone is 2. The van der Waals surface area contributed by atoms with Gasteiger partial charge in [0.05, 0.1) is 6.10 Å². The average Bonchev–Trinajstić information content (AvgIpc) is 2.55. The van der Waals surface area contributed by atoms with Crippen LogP contribution < -0.4 is 0 Å². The van der Waals surface area contributed by atoms with Gasteiger partial charge >= 0.3 is 0 Å². The summed E-state index contributed by atoms with van der Waals surface area (Å²) >= 11 is 0. The molecule has 3 heteroatoms. The van der Waals surface area contributed by atoms with Gasteiger partial charge in [-0.05, 0) is 35.6 Å². The standard InChI is InChI=1S/C18H17NO2/c20-16-11-17(13-7-9-19-10-8-13)21-18-14-4-2-1-3-12(14)5-6-15(16)18/h1-4,6-7,9,17-18H,5,8,10-11H2. The van der Waals surface area contributed by atoms with Crippen molar-refractivity contribution < 1.29 is 9.53 Å². The van der Waals surface area contributed by atoms with Crippen molar-refractivity contribution in [1.82, 2.24) is 0 Å². The molecule has 0 radical (unpaired) electrons. The molecule has 0 aromatic heterocycles. The fourth-order valence-corrected chi connectivity index (χ4v) is 3.36. The minimum absolute atomic E-state index is 0.0995. The molecule has 4 rings (SSSR count). The van der Waals surface area contributed by atoms with Crippen LogP contribution in [0.1, 0.15) is 30.1 Å². The lowest BCUT2D eigenvalue weighted by Crippen LogP contribution is -2.34. The van der Waals surface area contributed by atoms with Crippen LogP contribution >= 0.6 is 0 Å². The minimum atomic E-state index is -0.194. The van der Waals surface area contributed by atoms with Gasteiger partial charge in [0.25, 0.3) is 0 Å². The van der Waals surface area contributed by atoms with Gasteiger partial charge in [-0.1, -0.05) is 30.3 Å². The smallest absolute Gasteiger partial charge is 0.164 e. The average molecular weight is 279 g/mol. The molecular weight excluding hydrogens is 262 g/mol. The first kappa shape index (κ1) is 12.7. The molecule has 2 aliphatic heterocycles. The van der Waals surface area contributed by atoms with Gasteiger partial charge in [-0.3, -0.25) is 9.79 Å². The van der Waals surface area contributed by atoms with Gasteiger partial charge in [0, 0.05) is 24.8 Å². The molecule has 1 aromatic rings. The number of Topliss-reactive ketones (excluding diaryl/α,β-unsaturated/α-hetero) is 1. The number of aliphatic imine (C=N–C) groups is 1. The third-order valence-corrected chi connectivity index (χ3v) is 4.49. The van der Waals surface area contributed by atoms with Crippen LogP contribution in [0.2, 0.25) is 0 Å². The maximum atomic E-state index is 12.5. The quantitative estimate of drug-likeness (QED) is 0.792. The molecule has 2 unspecified atom stereocenters. The van der Waals surface area contributed by atoms with Gasteiger partial charge in [0.2, 0.25) is 0 Å². The van der Waals surface area contributed by atoms with Crippen molar-refractivity contribution in [1.29, 1.82) is 0 Å². The van der Waals surface area contributed by atoms with Gasteiger partial charge in [-0.15, -0.1) is 0 Å². The molecule has 21 heavy (non-hydrogen) atoms. The number of fused-ring (bicyclic) bond motifs is 3. The number of ether oxygens (including phenoxy) is 1. The van der Waals surface area contributed by atoms with E-state index in [0.29, 0.717) is 6.42 Å². The van der Waals surface area contributed by atoms with E-state index in [0.717, 1.165) is 30.5 Å². The van der Waals surface area contributed by atoms with Gasteiger partial charge in [0.15, 0.2) is 5.78 Å². The summed E-state index contributed by atoms with van der Waals surface area (Å²) in [5, 5.41) is 0. The second kappa shape index (κ2) is 5.08. The van der Waals surface area contributed by atoms with E-state index < -0.39 is 0 Å². The molecule has 106 valence electrons. The Bertz CT molecular complexity index is 684. The molecule has 2 heterocycles. The number of hydrogen-bond donors (Lipinski definition) is 0. The molecule has 1 fully saturated rings. The summed E-state index contributed by atoms with van der Waals surface area (Å²) < 4.78 is 6.31. The molecule has 0 N–H and O–H groups in total. The molecular formula is C18H17NO2. The number of hydrogen-bond acceptors (Lipinski definition) is 3. The Kier molecular flexibility index (Phi) is 3.08. The molecule has 1 aliphatic carbocycles. The zero-order valence-corrected chi connectivity index (χ0v) is 11.8. The highest BCUT2D eigenvalue weighted by Gasteiger charge is 2.37. The van der Waals surface area contributed by atoms with Crippen molar-refractivity contribution in [2.45, 2.75) is 31.5 Å². The number of carbonyl (C=O) groups is 1. The lowest BCUT2D eigenvalue weighted by atomic mass is 9.82. The van der Waals surface area contributed by atoms with E-state index in [2.05, 4.69) is 17.1 Å². The van der Waals surface area contributed by atoms with Crippen LogP contribution in [0.3, 0.4) is 0 Å². The summed E-state index contributed by atoms with van der Waals surface area (Å²) in [6.45, 7) is 0.795. The summed E-state index contributed by atoms with van der Waals surface area (Å²) in [4.78, 5) is 16.7. The zero-order chi connectivity index (χ0) is 14.2. The lowest BCUT2D eigenvalue weighted by Gasteiger charge is -2.36. The van der Waals surface area contributed by atoms with Gasteiger partial charge in [0.1, 0.15) is 6.10 Å². The number of ketones is 1. The SMILES string of the molecule is O=C1CC(C2=CC=NCC2)OC2C1=CCc1ccccc12. The molecule has 0 amide bonds. The summed E-state index contributed by atoms with van der Waals surface area (Å²) in [5.74, 6) is 0.231. The molecule has 2 atom stereocenters. The van der Waals surface area contributed by atoms with E-state index >= 15 is 0 Å². The Morgan fingerprint density at radius 1 is 1.24 bits per heavy atom. The summed E-state index contributed by atoms with van der Waals surface area (Å²) in [6, 6.07) is 8.26. The first-order valence-corrected chi connectivity index (χ1v) is 7.48. The Morgan fingerprint density at radius 2 is 2.14 bits per heavy atom. The maximum absolute atomic E-state index is 12.5. The van der Waals surface area contributed by atoms with Crippen molar-refractivity contribution in [2.75, 3.05) is 6.54 Å². The highest BCUT2D eigenvalue weighted by atomic mass is 16.5. The van der Waals surface area contributed by atoms with Gasteiger partial charge < -0.3 is 4.74 Å². The first-order chi connectivity index (χ1) is 10.3. The van der Waals surface area contributed by atoms with E-state index in [1.165, 1.54) is 11.1 Å². The van der Waals surface area contributed by atoms with Crippen LogP contribution in [0.4, 0.5) is 0 Å². The van der Waals surface area contributed by atoms with Crippen LogP contribution in [-0.4, -0.2) is 24.6 Å². The topological polar surface area (TPSA) is 38.7 Å². The van der Waals surface area contributed by atoms with Crippen LogP contribution in [-0.2, 0) is 16.0 Å². The third-order valence-electron chi connectivity index (χ3n) is 4.49. The van der Waals surface area contributed by atoms with Crippen LogP contribution in [0, 0.1) is 0 Å². The van der Waals surface area contributed by atoms with Gasteiger partial charge in [-0.2, -0.15) is 0 Å². The Balaban J connectivity index is 1.69. The molecule has 0 saturated carbocycles. The largest absolute Gasteiger partial charge is 0.361 e. The van der Waals surface area contributed by atoms with E-state index in [-0.39, 0.29) is 18.0 Å². The van der Waals surface area contributed by atoms with E-state index in [1.807, 2.05) is 30.5 Å². The van der Waals surface area contributed by atoms with Crippen LogP contribution in [0.5, 0.6) is 0 Å². The van der Waals surface area contributed by atoms with E-state index in [4.69, 9.17) is 4.74 Å². The van der Waals surface area contributed by atoms with Crippen molar-refractivity contribution in [3.63, 3.8) is 0 Å². The second-order valence-corrected chi connectivity index (χ2v) is 5.74. The van der Waals surface area contributed by atoms with Crippen molar-refractivity contribution in [2.24, 2.45) is 4.99 Å². The fraction of sp³-hybridized carbons (Fsp3) is 0.333. The fourth-order valence-electron chi connectivity index (χ4n) is 3.36. The summed E-state index contributed by atoms with van der Waals surface area (Å²) in [7, 11) is 0. The monoisotopic (exact) mass is 279 g/mol. The van der Waals surface area contributed by atoms with Crippen molar-refractivity contribution in [3.05, 3.63) is 58.7 Å². The van der Waals surface area contributed by atoms with E-state index in [9.17, 15) is 4.79 Å². The lowest BCUT2D eigenvalue weighted by molar-refractivity contribution is -0.125. The van der Waals surface area contributed by atoms with E-state index in [1.54, 1.807) is 0 Å². The van der Waals surface area contributed by atoms with Crippen LogP contribution in [0.25, 0.3) is 0 Å². The molecule has 3 aliphatic rings. The minimum Gasteiger partial charge on any atom is -0.361 e. The Morgan fingerprint density at radius 3 is 3.00 bits per heavy atom. The number of dihydropyridines is 1. The summed E-state index contributed by atoms with van der Waals surface area (Å²) in [6.07, 6.45) is 7.77. The predicted octanol–water partition coefficient (Wildman–Crippen LogP) is 2.97. The normalized spacial score (nSPS) is 27.5. The van der Waals surface area contributed by atoms with Gasteiger partial charge in [-0.25, -0.2) is 0 Å². The molecule has 0 bridgehead atoms. The third kappa shape index (κ3) is 2.18. The van der Waals surface area contributed by atoms with Crippen LogP contribution in [0.15, 0.2) is 52.6 Å². The molecule has 1 saturated heterocycles. The highest BCUT2D eigenvalue weighted by molar-refractivity contribution is 5.98. The highest BCUT2D eigenvalue weighted by Crippen LogP contribution is 2.40. The Labute approximate surface area is 124 Å².